The molecular weight excluding hydrogens is 536 g/mol. The monoisotopic (exact) mass is 576 g/mol. The summed E-state index contributed by atoms with van der Waals surface area (Å²) in [6.07, 6.45) is 3.88. The van der Waals surface area contributed by atoms with Crippen LogP contribution in [0.4, 0.5) is 0 Å². The summed E-state index contributed by atoms with van der Waals surface area (Å²) in [4.78, 5) is 65.8. The van der Waals surface area contributed by atoms with Crippen LogP contribution in [0.1, 0.15) is 45.1 Å². The molecule has 2 rings (SSSR count). The maximum absolute atomic E-state index is 13.4. The first kappa shape index (κ1) is 32.6. The number of hydrogen-bond donors (Lipinski definition) is 7. The molecule has 0 aliphatic heterocycles. The molecule has 0 bridgehead atoms. The highest BCUT2D eigenvalue weighted by molar-refractivity contribution is 7.98. The molecule has 4 unspecified atom stereocenters. The minimum Gasteiger partial charge on any atom is -0.480 e. The molecule has 12 nitrogen and oxygen atoms in total. The standard InChI is InChI=1S/C27H40N6O6S/c1-15(2)12-18(28)24(35)31-20(8-9-23(29)34)25(36)33-22(26(37)32-21(27(38)39)10-11-40-3)13-16-14-30-19-7-5-4-6-17(16)19/h4-7,14-15,18,20-22,30H,8-13,28H2,1-3H3,(H2,29,34)(H,31,35)(H,32,37)(H,33,36)(H,38,39). The quantitative estimate of drug-likeness (QED) is 0.142. The van der Waals surface area contributed by atoms with Crippen molar-refractivity contribution in [3.05, 3.63) is 36.0 Å². The van der Waals surface area contributed by atoms with E-state index < -0.39 is 53.8 Å². The summed E-state index contributed by atoms with van der Waals surface area (Å²) in [5, 5.41) is 18.2. The number of carbonyl (C=O) groups is 5. The Morgan fingerprint density at radius 3 is 2.20 bits per heavy atom. The molecular formula is C27H40N6O6S. The lowest BCUT2D eigenvalue weighted by atomic mass is 10.0. The molecule has 0 aliphatic rings. The van der Waals surface area contributed by atoms with Crippen LogP contribution in [0.25, 0.3) is 10.9 Å². The van der Waals surface area contributed by atoms with Gasteiger partial charge in [-0.2, -0.15) is 11.8 Å². The van der Waals surface area contributed by atoms with E-state index in [0.717, 1.165) is 16.5 Å². The predicted molar refractivity (Wildman–Crippen MR) is 154 cm³/mol. The van der Waals surface area contributed by atoms with E-state index in [9.17, 15) is 29.1 Å². The Hall–Kier alpha value is -3.58. The summed E-state index contributed by atoms with van der Waals surface area (Å²) in [6.45, 7) is 3.81. The Balaban J connectivity index is 2.32. The van der Waals surface area contributed by atoms with Gasteiger partial charge in [0.05, 0.1) is 6.04 Å². The topological polar surface area (TPSA) is 210 Å². The van der Waals surface area contributed by atoms with Crippen molar-refractivity contribution >= 4 is 52.3 Å². The number of carbonyl (C=O) groups excluding carboxylic acids is 4. The summed E-state index contributed by atoms with van der Waals surface area (Å²) >= 11 is 1.45. The molecule has 4 amide bonds. The summed E-state index contributed by atoms with van der Waals surface area (Å²) < 4.78 is 0. The minimum atomic E-state index is -1.19. The first-order valence-electron chi connectivity index (χ1n) is 13.1. The third-order valence-electron chi connectivity index (χ3n) is 6.33. The number of primary amides is 1. The molecule has 1 heterocycles. The van der Waals surface area contributed by atoms with Gasteiger partial charge in [0.2, 0.25) is 23.6 Å². The number of carboxylic acids is 1. The van der Waals surface area contributed by atoms with Crippen molar-refractivity contribution in [2.45, 2.75) is 70.1 Å². The van der Waals surface area contributed by atoms with Gasteiger partial charge < -0.3 is 37.5 Å². The average molecular weight is 577 g/mol. The summed E-state index contributed by atoms with van der Waals surface area (Å²) in [6, 6.07) is 3.03. The van der Waals surface area contributed by atoms with Gasteiger partial charge in [-0.1, -0.05) is 32.0 Å². The van der Waals surface area contributed by atoms with Crippen LogP contribution in [0.3, 0.4) is 0 Å². The van der Waals surface area contributed by atoms with Gasteiger partial charge in [0, 0.05) is 29.9 Å². The number of carboxylic acid groups (broad SMARTS) is 1. The van der Waals surface area contributed by atoms with Gasteiger partial charge in [-0.25, -0.2) is 4.79 Å². The minimum absolute atomic E-state index is 0.0415. The number of H-pyrrole nitrogens is 1. The van der Waals surface area contributed by atoms with Crippen molar-refractivity contribution in [1.29, 1.82) is 0 Å². The molecule has 0 fully saturated rings. The zero-order valence-electron chi connectivity index (χ0n) is 23.1. The number of rotatable bonds is 17. The largest absolute Gasteiger partial charge is 0.480 e. The van der Waals surface area contributed by atoms with Gasteiger partial charge in [0.15, 0.2) is 0 Å². The highest BCUT2D eigenvalue weighted by Crippen LogP contribution is 2.19. The molecule has 0 spiro atoms. The molecule has 1 aromatic heterocycles. The van der Waals surface area contributed by atoms with E-state index in [0.29, 0.717) is 12.2 Å². The van der Waals surface area contributed by atoms with E-state index >= 15 is 0 Å². The van der Waals surface area contributed by atoms with E-state index in [1.54, 1.807) is 6.20 Å². The molecule has 4 atom stereocenters. The van der Waals surface area contributed by atoms with E-state index in [1.165, 1.54) is 11.8 Å². The molecule has 2 aromatic rings. The van der Waals surface area contributed by atoms with Crippen molar-refractivity contribution in [3.8, 4) is 0 Å². The lowest BCUT2D eigenvalue weighted by molar-refractivity contribution is -0.142. The van der Waals surface area contributed by atoms with Crippen LogP contribution >= 0.6 is 11.8 Å². The first-order valence-corrected chi connectivity index (χ1v) is 14.5. The molecule has 9 N–H and O–H groups in total. The van der Waals surface area contributed by atoms with E-state index in [1.807, 2.05) is 44.4 Å². The fourth-order valence-electron chi connectivity index (χ4n) is 4.22. The molecule has 40 heavy (non-hydrogen) atoms. The molecule has 0 radical (unpaired) electrons. The Bertz CT molecular complexity index is 1190. The summed E-state index contributed by atoms with van der Waals surface area (Å²) in [5.74, 6) is -3.19. The molecule has 0 saturated carbocycles. The van der Waals surface area contributed by atoms with Gasteiger partial charge in [-0.15, -0.1) is 0 Å². The van der Waals surface area contributed by atoms with Crippen LogP contribution in [0, 0.1) is 5.92 Å². The van der Waals surface area contributed by atoms with Crippen LogP contribution in [0.5, 0.6) is 0 Å². The van der Waals surface area contributed by atoms with Gasteiger partial charge in [-0.05, 0) is 48.8 Å². The molecule has 13 heteroatoms. The van der Waals surface area contributed by atoms with E-state index in [4.69, 9.17) is 11.5 Å². The van der Waals surface area contributed by atoms with Crippen LogP contribution in [-0.4, -0.2) is 75.9 Å². The Kier molecular flexibility index (Phi) is 12.9. The lowest BCUT2D eigenvalue weighted by Crippen LogP contribution is -2.57. The number of thioether (sulfide) groups is 1. The molecule has 1 aromatic carbocycles. The van der Waals surface area contributed by atoms with Crippen LogP contribution in [0.2, 0.25) is 0 Å². The number of aliphatic carboxylic acids is 1. The maximum Gasteiger partial charge on any atom is 0.326 e. The second-order valence-corrected chi connectivity index (χ2v) is 11.1. The van der Waals surface area contributed by atoms with Crippen LogP contribution in [0.15, 0.2) is 30.5 Å². The highest BCUT2D eigenvalue weighted by Gasteiger charge is 2.31. The van der Waals surface area contributed by atoms with Crippen molar-refractivity contribution in [1.82, 2.24) is 20.9 Å². The number of nitrogens with one attached hydrogen (secondary N) is 4. The molecule has 220 valence electrons. The highest BCUT2D eigenvalue weighted by atomic mass is 32.2. The van der Waals surface area contributed by atoms with Gasteiger partial charge >= 0.3 is 5.97 Å². The van der Waals surface area contributed by atoms with Crippen LogP contribution < -0.4 is 27.4 Å². The average Bonchev–Trinajstić information content (AvgIpc) is 3.30. The summed E-state index contributed by atoms with van der Waals surface area (Å²) in [5.41, 5.74) is 12.8. The van der Waals surface area contributed by atoms with Gasteiger partial charge in [-0.3, -0.25) is 19.2 Å². The zero-order valence-corrected chi connectivity index (χ0v) is 23.9. The Labute approximate surface area is 237 Å². The number of para-hydroxylation sites is 1. The normalized spacial score (nSPS) is 14.2. The number of hydrogen-bond acceptors (Lipinski definition) is 7. The van der Waals surface area contributed by atoms with Crippen molar-refractivity contribution in [3.63, 3.8) is 0 Å². The first-order chi connectivity index (χ1) is 18.9. The van der Waals surface area contributed by atoms with Crippen LogP contribution in [-0.2, 0) is 30.4 Å². The zero-order chi connectivity index (χ0) is 29.8. The molecule has 0 aliphatic carbocycles. The number of benzene rings is 1. The van der Waals surface area contributed by atoms with Crippen molar-refractivity contribution < 1.29 is 29.1 Å². The third-order valence-corrected chi connectivity index (χ3v) is 6.98. The second kappa shape index (κ2) is 15.9. The molecule has 0 saturated heterocycles. The number of aromatic nitrogens is 1. The number of fused-ring (bicyclic) bond motifs is 1. The SMILES string of the molecule is CSCCC(NC(=O)C(Cc1c[nH]c2ccccc12)NC(=O)C(CCC(N)=O)NC(=O)C(N)CC(C)C)C(=O)O. The fourth-order valence-corrected chi connectivity index (χ4v) is 4.69. The number of nitrogens with two attached hydrogens (primary N) is 2. The predicted octanol–water partition coefficient (Wildman–Crippen LogP) is 0.641. The maximum atomic E-state index is 13.4. The van der Waals surface area contributed by atoms with Gasteiger partial charge in [0.1, 0.15) is 18.1 Å². The lowest BCUT2D eigenvalue weighted by Gasteiger charge is -2.25. The summed E-state index contributed by atoms with van der Waals surface area (Å²) in [7, 11) is 0. The van der Waals surface area contributed by atoms with E-state index in [-0.39, 0.29) is 31.6 Å². The number of aromatic amines is 1. The van der Waals surface area contributed by atoms with Crippen molar-refractivity contribution in [2.75, 3.05) is 12.0 Å². The second-order valence-electron chi connectivity index (χ2n) is 10.1. The van der Waals surface area contributed by atoms with Crippen molar-refractivity contribution in [2.24, 2.45) is 17.4 Å². The Morgan fingerprint density at radius 2 is 1.57 bits per heavy atom. The van der Waals surface area contributed by atoms with Gasteiger partial charge in [0.25, 0.3) is 0 Å². The van der Waals surface area contributed by atoms with E-state index in [2.05, 4.69) is 20.9 Å². The smallest absolute Gasteiger partial charge is 0.326 e. The fraction of sp³-hybridized carbons (Fsp3) is 0.519. The number of amides is 4. The Morgan fingerprint density at radius 1 is 0.950 bits per heavy atom. The third kappa shape index (κ3) is 10.2.